The van der Waals surface area contributed by atoms with Crippen LogP contribution in [0.5, 0.6) is 0 Å². The Morgan fingerprint density at radius 3 is 2.77 bits per heavy atom. The maximum Gasteiger partial charge on any atom is 0.272 e. The number of nitrogens with zero attached hydrogens (tertiary/aromatic N) is 2. The van der Waals surface area contributed by atoms with Gasteiger partial charge in [0, 0.05) is 30.6 Å². The van der Waals surface area contributed by atoms with E-state index in [1.165, 1.54) is 19.3 Å². The van der Waals surface area contributed by atoms with E-state index < -0.39 is 0 Å². The summed E-state index contributed by atoms with van der Waals surface area (Å²) in [7, 11) is 1.88. The SMILES string of the molecule is Cn1nc(C(=O)NC2CC3CCCC(C2)N3)c2ccccc21. The fourth-order valence-corrected chi connectivity index (χ4v) is 4.02. The lowest BCUT2D eigenvalue weighted by Crippen LogP contribution is -2.54. The molecule has 2 aromatic rings. The number of piperidine rings is 2. The molecule has 2 atom stereocenters. The summed E-state index contributed by atoms with van der Waals surface area (Å²) in [5, 5.41) is 12.2. The fourth-order valence-electron chi connectivity index (χ4n) is 4.02. The Hall–Kier alpha value is -1.88. The molecule has 2 saturated heterocycles. The maximum absolute atomic E-state index is 12.7. The first-order valence-electron chi connectivity index (χ1n) is 8.19. The average Bonchev–Trinajstić information content (AvgIpc) is 2.85. The van der Waals surface area contributed by atoms with Crippen molar-refractivity contribution in [2.45, 2.75) is 50.2 Å². The molecule has 1 amide bonds. The molecule has 2 aliphatic heterocycles. The molecular weight excluding hydrogens is 276 g/mol. The molecule has 116 valence electrons. The molecule has 0 saturated carbocycles. The number of nitrogens with one attached hydrogen (secondary N) is 2. The van der Waals surface area contributed by atoms with Gasteiger partial charge in [-0.25, -0.2) is 0 Å². The standard InChI is InChI=1S/C17H22N4O/c1-21-15-8-3-2-7-14(15)16(20-21)17(22)19-13-9-11-5-4-6-12(10-13)18-11/h2-3,7-8,11-13,18H,4-6,9-10H2,1H3,(H,19,22). The third-order valence-electron chi connectivity index (χ3n) is 5.02. The van der Waals surface area contributed by atoms with Crippen LogP contribution in [0.15, 0.2) is 24.3 Å². The van der Waals surface area contributed by atoms with E-state index in [1.54, 1.807) is 4.68 Å². The molecular formula is C17H22N4O. The molecule has 0 aliphatic carbocycles. The zero-order valence-corrected chi connectivity index (χ0v) is 12.9. The van der Waals surface area contributed by atoms with Gasteiger partial charge in [-0.2, -0.15) is 5.10 Å². The van der Waals surface area contributed by atoms with E-state index in [0.717, 1.165) is 23.7 Å². The van der Waals surface area contributed by atoms with Crippen LogP contribution in [0.25, 0.3) is 10.9 Å². The minimum Gasteiger partial charge on any atom is -0.348 e. The number of aromatic nitrogens is 2. The van der Waals surface area contributed by atoms with Crippen molar-refractivity contribution in [1.29, 1.82) is 0 Å². The maximum atomic E-state index is 12.7. The van der Waals surface area contributed by atoms with Gasteiger partial charge in [-0.1, -0.05) is 24.6 Å². The predicted octanol–water partition coefficient (Wildman–Crippen LogP) is 1.98. The summed E-state index contributed by atoms with van der Waals surface area (Å²) in [6, 6.07) is 9.29. The van der Waals surface area contributed by atoms with Crippen LogP contribution in [0, 0.1) is 0 Å². The van der Waals surface area contributed by atoms with Crippen molar-refractivity contribution in [3.05, 3.63) is 30.0 Å². The van der Waals surface area contributed by atoms with E-state index in [-0.39, 0.29) is 11.9 Å². The molecule has 0 spiro atoms. The Morgan fingerprint density at radius 2 is 2.00 bits per heavy atom. The largest absolute Gasteiger partial charge is 0.348 e. The van der Waals surface area contributed by atoms with Crippen molar-refractivity contribution < 1.29 is 4.79 Å². The molecule has 0 radical (unpaired) electrons. The second-order valence-corrected chi connectivity index (χ2v) is 6.62. The van der Waals surface area contributed by atoms with Crippen LogP contribution in [0.2, 0.25) is 0 Å². The topological polar surface area (TPSA) is 59.0 Å². The quantitative estimate of drug-likeness (QED) is 0.891. The van der Waals surface area contributed by atoms with E-state index in [2.05, 4.69) is 15.7 Å². The lowest BCUT2D eigenvalue weighted by Gasteiger charge is -2.40. The first kappa shape index (κ1) is 13.8. The molecule has 4 rings (SSSR count). The summed E-state index contributed by atoms with van der Waals surface area (Å²) < 4.78 is 1.78. The van der Waals surface area contributed by atoms with E-state index in [1.807, 2.05) is 31.3 Å². The van der Waals surface area contributed by atoms with Gasteiger partial charge in [-0.05, 0) is 31.7 Å². The third-order valence-corrected chi connectivity index (χ3v) is 5.02. The molecule has 22 heavy (non-hydrogen) atoms. The van der Waals surface area contributed by atoms with Crippen molar-refractivity contribution >= 4 is 16.8 Å². The Labute approximate surface area is 130 Å². The van der Waals surface area contributed by atoms with Crippen LogP contribution in [0.4, 0.5) is 0 Å². The van der Waals surface area contributed by atoms with Crippen molar-refractivity contribution in [3.63, 3.8) is 0 Å². The van der Waals surface area contributed by atoms with E-state index in [0.29, 0.717) is 17.8 Å². The van der Waals surface area contributed by atoms with Gasteiger partial charge in [-0.3, -0.25) is 9.48 Å². The van der Waals surface area contributed by atoms with E-state index in [9.17, 15) is 4.79 Å². The molecule has 2 aliphatic rings. The fraction of sp³-hybridized carbons (Fsp3) is 0.529. The van der Waals surface area contributed by atoms with Gasteiger partial charge in [0.1, 0.15) is 0 Å². The number of para-hydroxylation sites is 1. The Morgan fingerprint density at radius 1 is 1.27 bits per heavy atom. The molecule has 2 N–H and O–H groups in total. The molecule has 2 unspecified atom stereocenters. The van der Waals surface area contributed by atoms with Crippen molar-refractivity contribution in [2.24, 2.45) is 7.05 Å². The molecule has 5 heteroatoms. The van der Waals surface area contributed by atoms with Gasteiger partial charge in [0.15, 0.2) is 5.69 Å². The summed E-state index contributed by atoms with van der Waals surface area (Å²) in [5.41, 5.74) is 1.54. The van der Waals surface area contributed by atoms with E-state index >= 15 is 0 Å². The molecule has 2 fully saturated rings. The summed E-state index contributed by atoms with van der Waals surface area (Å²) in [6.45, 7) is 0. The van der Waals surface area contributed by atoms with Crippen molar-refractivity contribution in [3.8, 4) is 0 Å². The van der Waals surface area contributed by atoms with Crippen LogP contribution < -0.4 is 10.6 Å². The van der Waals surface area contributed by atoms with Gasteiger partial charge < -0.3 is 10.6 Å². The highest BCUT2D eigenvalue weighted by Crippen LogP contribution is 2.26. The number of benzene rings is 1. The number of amides is 1. The van der Waals surface area contributed by atoms with Crippen LogP contribution in [-0.2, 0) is 7.05 Å². The van der Waals surface area contributed by atoms with Gasteiger partial charge in [-0.15, -0.1) is 0 Å². The summed E-state index contributed by atoms with van der Waals surface area (Å²) in [5.74, 6) is -0.0400. The van der Waals surface area contributed by atoms with Gasteiger partial charge in [0.05, 0.1) is 5.52 Å². The number of carbonyl (C=O) groups is 1. The Bertz CT molecular complexity index is 696. The van der Waals surface area contributed by atoms with E-state index in [4.69, 9.17) is 0 Å². The minimum absolute atomic E-state index is 0.0400. The monoisotopic (exact) mass is 298 g/mol. The number of rotatable bonds is 2. The Balaban J connectivity index is 1.54. The lowest BCUT2D eigenvalue weighted by atomic mass is 9.84. The zero-order chi connectivity index (χ0) is 15.1. The van der Waals surface area contributed by atoms with Crippen molar-refractivity contribution in [2.75, 3.05) is 0 Å². The molecule has 2 bridgehead atoms. The number of aryl methyl sites for hydroxylation is 1. The lowest BCUT2D eigenvalue weighted by molar-refractivity contribution is 0.0903. The normalized spacial score (nSPS) is 27.8. The molecule has 5 nitrogen and oxygen atoms in total. The zero-order valence-electron chi connectivity index (χ0n) is 12.9. The number of carbonyl (C=O) groups excluding carboxylic acids is 1. The predicted molar refractivity (Wildman–Crippen MR) is 85.8 cm³/mol. The Kier molecular flexibility index (Phi) is 3.37. The molecule has 1 aromatic heterocycles. The first-order chi connectivity index (χ1) is 10.7. The highest BCUT2D eigenvalue weighted by Gasteiger charge is 2.32. The number of hydrogen-bond donors (Lipinski definition) is 2. The average molecular weight is 298 g/mol. The molecule has 3 heterocycles. The number of fused-ring (bicyclic) bond motifs is 3. The summed E-state index contributed by atoms with van der Waals surface area (Å²) in [6.07, 6.45) is 5.85. The van der Waals surface area contributed by atoms with Crippen LogP contribution >= 0.6 is 0 Å². The van der Waals surface area contributed by atoms with Gasteiger partial charge >= 0.3 is 0 Å². The second kappa shape index (κ2) is 5.39. The van der Waals surface area contributed by atoms with Crippen molar-refractivity contribution in [1.82, 2.24) is 20.4 Å². The number of hydrogen-bond acceptors (Lipinski definition) is 3. The smallest absolute Gasteiger partial charge is 0.272 e. The van der Waals surface area contributed by atoms with Crippen LogP contribution in [-0.4, -0.2) is 33.8 Å². The highest BCUT2D eigenvalue weighted by atomic mass is 16.2. The van der Waals surface area contributed by atoms with Gasteiger partial charge in [0.2, 0.25) is 0 Å². The minimum atomic E-state index is -0.0400. The molecule has 1 aromatic carbocycles. The second-order valence-electron chi connectivity index (χ2n) is 6.62. The summed E-state index contributed by atoms with van der Waals surface area (Å²) >= 11 is 0. The summed E-state index contributed by atoms with van der Waals surface area (Å²) in [4.78, 5) is 12.7. The highest BCUT2D eigenvalue weighted by molar-refractivity contribution is 6.04. The van der Waals surface area contributed by atoms with Crippen LogP contribution in [0.3, 0.4) is 0 Å². The third kappa shape index (κ3) is 2.39. The first-order valence-corrected chi connectivity index (χ1v) is 8.19. The van der Waals surface area contributed by atoms with Gasteiger partial charge in [0.25, 0.3) is 5.91 Å². The van der Waals surface area contributed by atoms with Crippen LogP contribution in [0.1, 0.15) is 42.6 Å².